The smallest absolute Gasteiger partial charge is 0.408 e. The van der Waals surface area contributed by atoms with Gasteiger partial charge in [-0.15, -0.1) is 0 Å². The summed E-state index contributed by atoms with van der Waals surface area (Å²) in [5.74, 6) is -0.623. The molecule has 1 aliphatic rings. The van der Waals surface area contributed by atoms with E-state index < -0.39 is 17.5 Å². The number of carbonyl (C=O) groups excluding carboxylic acids is 1. The monoisotopic (exact) mass is 487 g/mol. The van der Waals surface area contributed by atoms with Crippen molar-refractivity contribution >= 4 is 22.6 Å². The highest BCUT2D eigenvalue weighted by Crippen LogP contribution is 2.32. The highest BCUT2D eigenvalue weighted by Gasteiger charge is 2.31. The number of nitrogens with zero attached hydrogens (tertiary/aromatic N) is 3. The standard InChI is InChI=1S/C26H28F3N3O3/c1-3-18(2)24(33)19-8-9-22-23(16-19)35-25(34)32(22)11-5-10-30-12-14-31(15-13-30)21-7-4-6-20(17-21)26(27,28)29/h4,6-9,16-17H,2-3,5,10-15H2,1H3. The van der Waals surface area contributed by atoms with E-state index >= 15 is 0 Å². The fraction of sp³-hybridized carbons (Fsp3) is 0.385. The van der Waals surface area contributed by atoms with Crippen LogP contribution in [0.5, 0.6) is 0 Å². The van der Waals surface area contributed by atoms with Crippen LogP contribution in [0.1, 0.15) is 35.7 Å². The number of alkyl halides is 3. The molecule has 186 valence electrons. The van der Waals surface area contributed by atoms with Gasteiger partial charge in [0.2, 0.25) is 0 Å². The van der Waals surface area contributed by atoms with Crippen molar-refractivity contribution in [3.8, 4) is 0 Å². The second kappa shape index (κ2) is 10.1. The van der Waals surface area contributed by atoms with Crippen LogP contribution in [-0.4, -0.2) is 48.0 Å². The van der Waals surface area contributed by atoms with Gasteiger partial charge in [-0.2, -0.15) is 13.2 Å². The van der Waals surface area contributed by atoms with Crippen molar-refractivity contribution in [2.75, 3.05) is 37.6 Å². The minimum absolute atomic E-state index is 0.158. The number of carbonyl (C=O) groups is 1. The molecule has 0 saturated carbocycles. The van der Waals surface area contributed by atoms with Crippen molar-refractivity contribution in [3.63, 3.8) is 0 Å². The zero-order chi connectivity index (χ0) is 25.2. The number of aromatic nitrogens is 1. The number of hydrogen-bond acceptors (Lipinski definition) is 5. The molecule has 0 aliphatic carbocycles. The molecule has 3 aromatic rings. The first-order valence-corrected chi connectivity index (χ1v) is 11.7. The van der Waals surface area contributed by atoms with Gasteiger partial charge in [0, 0.05) is 44.0 Å². The molecule has 6 nitrogen and oxygen atoms in total. The highest BCUT2D eigenvalue weighted by molar-refractivity contribution is 6.09. The van der Waals surface area contributed by atoms with E-state index in [2.05, 4.69) is 11.5 Å². The molecule has 1 aliphatic heterocycles. The maximum atomic E-state index is 13.0. The molecule has 0 amide bonds. The number of rotatable bonds is 8. The van der Waals surface area contributed by atoms with Crippen LogP contribution in [0.3, 0.4) is 0 Å². The molecule has 1 fully saturated rings. The maximum absolute atomic E-state index is 13.0. The Morgan fingerprint density at radius 3 is 2.49 bits per heavy atom. The van der Waals surface area contributed by atoms with Gasteiger partial charge in [0.15, 0.2) is 11.4 Å². The lowest BCUT2D eigenvalue weighted by Gasteiger charge is -2.36. The van der Waals surface area contributed by atoms with Gasteiger partial charge < -0.3 is 9.32 Å². The summed E-state index contributed by atoms with van der Waals surface area (Å²) in [6.07, 6.45) is -3.09. The summed E-state index contributed by atoms with van der Waals surface area (Å²) in [5, 5.41) is 0. The lowest BCUT2D eigenvalue weighted by atomic mass is 10.0. The number of halogens is 3. The van der Waals surface area contributed by atoms with Crippen LogP contribution in [-0.2, 0) is 12.7 Å². The topological polar surface area (TPSA) is 58.7 Å². The lowest BCUT2D eigenvalue weighted by Crippen LogP contribution is -2.46. The van der Waals surface area contributed by atoms with Gasteiger partial charge in [0.1, 0.15) is 0 Å². The van der Waals surface area contributed by atoms with Crippen molar-refractivity contribution < 1.29 is 22.4 Å². The number of oxazole rings is 1. The minimum Gasteiger partial charge on any atom is -0.408 e. The Balaban J connectivity index is 1.33. The molecular formula is C26H28F3N3O3. The second-order valence-corrected chi connectivity index (χ2v) is 8.72. The van der Waals surface area contributed by atoms with E-state index in [1.807, 2.05) is 11.8 Å². The molecule has 2 aromatic carbocycles. The first-order valence-electron chi connectivity index (χ1n) is 11.7. The number of allylic oxidation sites excluding steroid dienone is 1. The Kier molecular flexibility index (Phi) is 7.16. The molecule has 0 bridgehead atoms. The molecule has 35 heavy (non-hydrogen) atoms. The molecule has 1 saturated heterocycles. The molecule has 0 spiro atoms. The van der Waals surface area contributed by atoms with Crippen molar-refractivity contribution in [3.05, 3.63) is 76.3 Å². The third kappa shape index (κ3) is 5.51. The molecule has 4 rings (SSSR count). The normalized spacial score (nSPS) is 15.0. The van der Waals surface area contributed by atoms with Crippen molar-refractivity contribution in [1.29, 1.82) is 0 Å². The molecule has 0 N–H and O–H groups in total. The average molecular weight is 488 g/mol. The zero-order valence-corrected chi connectivity index (χ0v) is 19.6. The van der Waals surface area contributed by atoms with Crippen LogP contribution in [0, 0.1) is 0 Å². The largest absolute Gasteiger partial charge is 0.419 e. The lowest BCUT2D eigenvalue weighted by molar-refractivity contribution is -0.137. The Morgan fingerprint density at radius 2 is 1.80 bits per heavy atom. The van der Waals surface area contributed by atoms with Crippen LogP contribution >= 0.6 is 0 Å². The fourth-order valence-corrected chi connectivity index (χ4v) is 4.35. The number of aryl methyl sites for hydroxylation is 1. The van der Waals surface area contributed by atoms with Gasteiger partial charge in [-0.3, -0.25) is 14.3 Å². The van der Waals surface area contributed by atoms with Gasteiger partial charge in [-0.25, -0.2) is 4.79 Å². The summed E-state index contributed by atoms with van der Waals surface area (Å²) >= 11 is 0. The van der Waals surface area contributed by atoms with Crippen LogP contribution in [0.15, 0.2) is 63.8 Å². The van der Waals surface area contributed by atoms with Gasteiger partial charge in [0.05, 0.1) is 11.1 Å². The molecule has 9 heteroatoms. The zero-order valence-electron chi connectivity index (χ0n) is 19.6. The SMILES string of the molecule is C=C(CC)C(=O)c1ccc2c(c1)oc(=O)n2CCCN1CCN(c2cccc(C(F)(F)F)c2)CC1. The average Bonchev–Trinajstić information content (AvgIpc) is 3.17. The third-order valence-electron chi connectivity index (χ3n) is 6.45. The molecular weight excluding hydrogens is 459 g/mol. The Morgan fingerprint density at radius 1 is 1.06 bits per heavy atom. The Bertz CT molecular complexity index is 1280. The van der Waals surface area contributed by atoms with E-state index in [0.717, 1.165) is 25.7 Å². The van der Waals surface area contributed by atoms with Gasteiger partial charge >= 0.3 is 11.9 Å². The Labute approximate surface area is 201 Å². The Hall–Kier alpha value is -3.33. The number of fused-ring (bicyclic) bond motifs is 1. The molecule has 0 atom stereocenters. The van der Waals surface area contributed by atoms with E-state index in [9.17, 15) is 22.8 Å². The minimum atomic E-state index is -4.35. The van der Waals surface area contributed by atoms with Crippen LogP contribution in [0.4, 0.5) is 18.9 Å². The molecule has 0 unspecified atom stereocenters. The summed E-state index contributed by atoms with van der Waals surface area (Å²) in [4.78, 5) is 28.9. The summed E-state index contributed by atoms with van der Waals surface area (Å²) in [6.45, 7) is 9.58. The summed E-state index contributed by atoms with van der Waals surface area (Å²) < 4.78 is 45.9. The quantitative estimate of drug-likeness (QED) is 0.332. The van der Waals surface area contributed by atoms with Crippen LogP contribution in [0.2, 0.25) is 0 Å². The van der Waals surface area contributed by atoms with E-state index in [4.69, 9.17) is 4.42 Å². The van der Waals surface area contributed by atoms with Gasteiger partial charge in [-0.05, 0) is 61.4 Å². The number of Topliss-reactive ketones (excluding diaryl/α,β-unsaturated/α-hetero) is 1. The number of anilines is 1. The first kappa shape index (κ1) is 24.8. The maximum Gasteiger partial charge on any atom is 0.419 e. The van der Waals surface area contributed by atoms with E-state index in [0.29, 0.717) is 60.4 Å². The molecule has 1 aromatic heterocycles. The van der Waals surface area contributed by atoms with E-state index in [1.54, 1.807) is 28.8 Å². The van der Waals surface area contributed by atoms with Crippen molar-refractivity contribution in [1.82, 2.24) is 9.47 Å². The highest BCUT2D eigenvalue weighted by atomic mass is 19.4. The molecule has 0 radical (unpaired) electrons. The summed E-state index contributed by atoms with van der Waals surface area (Å²) in [5.41, 5.74) is 1.91. The predicted octanol–water partition coefficient (Wildman–Crippen LogP) is 4.97. The first-order chi connectivity index (χ1) is 16.7. The van der Waals surface area contributed by atoms with Crippen molar-refractivity contribution in [2.45, 2.75) is 32.5 Å². The number of hydrogen-bond donors (Lipinski definition) is 0. The number of ketones is 1. The van der Waals surface area contributed by atoms with E-state index in [1.165, 1.54) is 12.1 Å². The predicted molar refractivity (Wildman–Crippen MR) is 129 cm³/mol. The summed E-state index contributed by atoms with van der Waals surface area (Å²) in [7, 11) is 0. The number of benzene rings is 2. The summed E-state index contributed by atoms with van der Waals surface area (Å²) in [6, 6.07) is 10.4. The number of piperazine rings is 1. The van der Waals surface area contributed by atoms with E-state index in [-0.39, 0.29) is 5.78 Å². The van der Waals surface area contributed by atoms with Crippen LogP contribution in [0.25, 0.3) is 11.1 Å². The van der Waals surface area contributed by atoms with Gasteiger partial charge in [0.25, 0.3) is 0 Å². The van der Waals surface area contributed by atoms with Gasteiger partial charge in [-0.1, -0.05) is 19.6 Å². The fourth-order valence-electron chi connectivity index (χ4n) is 4.35. The third-order valence-corrected chi connectivity index (χ3v) is 6.45. The van der Waals surface area contributed by atoms with Crippen molar-refractivity contribution in [2.24, 2.45) is 0 Å². The van der Waals surface area contributed by atoms with Crippen LogP contribution < -0.4 is 10.7 Å². The molecule has 2 heterocycles. The second-order valence-electron chi connectivity index (χ2n) is 8.72.